The van der Waals surface area contributed by atoms with Crippen LogP contribution in [0.15, 0.2) is 72.3 Å². The third kappa shape index (κ3) is 4.39. The van der Waals surface area contributed by atoms with Crippen LogP contribution in [0.1, 0.15) is 28.3 Å². The number of benzene rings is 3. The summed E-state index contributed by atoms with van der Waals surface area (Å²) in [5, 5.41) is 11.2. The third-order valence-corrected chi connectivity index (χ3v) is 5.91. The summed E-state index contributed by atoms with van der Waals surface area (Å²) in [5.74, 6) is -1.90. The largest absolute Gasteiger partial charge is 0.507 e. The fourth-order valence-electron chi connectivity index (χ4n) is 4.23. The SMILES string of the molecule is COc1ccc(/C(O)=C2\C(=O)C(=O)N(c3cccc(C(F)(F)F)c3)C2c2cccc(C)c2)cc1OC. The number of anilines is 1. The lowest BCUT2D eigenvalue weighted by Crippen LogP contribution is -2.29. The average Bonchev–Trinajstić information content (AvgIpc) is 3.13. The first kappa shape index (κ1) is 24.8. The highest BCUT2D eigenvalue weighted by Crippen LogP contribution is 2.44. The first-order chi connectivity index (χ1) is 17.1. The van der Waals surface area contributed by atoms with Crippen molar-refractivity contribution in [2.45, 2.75) is 19.1 Å². The average molecular weight is 497 g/mol. The van der Waals surface area contributed by atoms with Crippen molar-refractivity contribution >= 4 is 23.1 Å². The van der Waals surface area contributed by atoms with E-state index in [-0.39, 0.29) is 22.6 Å². The van der Waals surface area contributed by atoms with Gasteiger partial charge in [-0.25, -0.2) is 0 Å². The van der Waals surface area contributed by atoms with Crippen molar-refractivity contribution in [3.05, 3.63) is 94.6 Å². The number of methoxy groups -OCH3 is 2. The first-order valence-electron chi connectivity index (χ1n) is 10.8. The summed E-state index contributed by atoms with van der Waals surface area (Å²) < 4.78 is 50.7. The topological polar surface area (TPSA) is 76.1 Å². The van der Waals surface area contributed by atoms with Crippen molar-refractivity contribution in [2.24, 2.45) is 0 Å². The molecule has 1 aliphatic heterocycles. The summed E-state index contributed by atoms with van der Waals surface area (Å²) in [5.41, 5.74) is 0.0824. The summed E-state index contributed by atoms with van der Waals surface area (Å²) in [6.07, 6.45) is -4.65. The number of carbonyl (C=O) groups is 2. The highest BCUT2D eigenvalue weighted by Gasteiger charge is 2.47. The molecule has 0 bridgehead atoms. The number of halogens is 3. The molecule has 1 atom stereocenters. The maximum atomic E-state index is 13.4. The van der Waals surface area contributed by atoms with Gasteiger partial charge in [0, 0.05) is 11.3 Å². The standard InChI is InChI=1S/C27H22F3NO5/c1-15-6-4-7-16(12-15)23-22(24(32)17-10-11-20(35-2)21(13-17)36-3)25(33)26(34)31(23)19-9-5-8-18(14-19)27(28,29)30/h4-14,23,32H,1-3H3/b24-22+. The number of nitrogens with zero attached hydrogens (tertiary/aromatic N) is 1. The van der Waals surface area contributed by atoms with Gasteiger partial charge < -0.3 is 14.6 Å². The maximum absolute atomic E-state index is 13.4. The molecular formula is C27H22F3NO5. The van der Waals surface area contributed by atoms with Crippen molar-refractivity contribution in [3.63, 3.8) is 0 Å². The predicted molar refractivity (Wildman–Crippen MR) is 127 cm³/mol. The van der Waals surface area contributed by atoms with Crippen LogP contribution in [-0.4, -0.2) is 31.0 Å². The Balaban J connectivity index is 1.96. The summed E-state index contributed by atoms with van der Waals surface area (Å²) >= 11 is 0. The van der Waals surface area contributed by atoms with Crippen LogP contribution < -0.4 is 14.4 Å². The van der Waals surface area contributed by atoms with Crippen LogP contribution in [0.3, 0.4) is 0 Å². The van der Waals surface area contributed by atoms with Crippen LogP contribution in [0.5, 0.6) is 11.5 Å². The van der Waals surface area contributed by atoms with E-state index in [0.717, 1.165) is 22.6 Å². The van der Waals surface area contributed by atoms with Gasteiger partial charge in [-0.2, -0.15) is 13.2 Å². The Morgan fingerprint density at radius 2 is 1.61 bits per heavy atom. The molecule has 3 aromatic rings. The van der Waals surface area contributed by atoms with E-state index in [2.05, 4.69) is 0 Å². The van der Waals surface area contributed by atoms with Gasteiger partial charge in [0.2, 0.25) is 0 Å². The molecule has 4 rings (SSSR count). The molecule has 1 amide bonds. The molecule has 1 saturated heterocycles. The normalized spacial score (nSPS) is 17.4. The number of Topliss-reactive ketones (excluding diaryl/α,β-unsaturated/α-hetero) is 1. The lowest BCUT2D eigenvalue weighted by Gasteiger charge is -2.26. The number of ether oxygens (including phenoxy) is 2. The lowest BCUT2D eigenvalue weighted by molar-refractivity contribution is -0.137. The number of hydrogen-bond acceptors (Lipinski definition) is 5. The molecule has 9 heteroatoms. The molecule has 1 fully saturated rings. The van der Waals surface area contributed by atoms with Gasteiger partial charge in [-0.15, -0.1) is 0 Å². The Hall–Kier alpha value is -4.27. The number of aryl methyl sites for hydroxylation is 1. The molecule has 3 aromatic carbocycles. The zero-order valence-electron chi connectivity index (χ0n) is 19.6. The highest BCUT2D eigenvalue weighted by atomic mass is 19.4. The second-order valence-corrected chi connectivity index (χ2v) is 8.20. The molecule has 0 spiro atoms. The van der Waals surface area contributed by atoms with Gasteiger partial charge >= 0.3 is 6.18 Å². The number of aliphatic hydroxyl groups excluding tert-OH is 1. The van der Waals surface area contributed by atoms with Crippen molar-refractivity contribution in [3.8, 4) is 11.5 Å². The number of carbonyl (C=O) groups excluding carboxylic acids is 2. The molecular weight excluding hydrogens is 475 g/mol. The minimum absolute atomic E-state index is 0.121. The van der Waals surface area contributed by atoms with Gasteiger partial charge in [-0.3, -0.25) is 14.5 Å². The Morgan fingerprint density at radius 3 is 2.25 bits per heavy atom. The molecule has 0 aliphatic carbocycles. The van der Waals surface area contributed by atoms with E-state index in [9.17, 15) is 27.9 Å². The second-order valence-electron chi connectivity index (χ2n) is 8.20. The molecule has 0 aromatic heterocycles. The Labute approximate surface area is 205 Å². The minimum Gasteiger partial charge on any atom is -0.507 e. The van der Waals surface area contributed by atoms with Crippen LogP contribution in [0.25, 0.3) is 5.76 Å². The monoisotopic (exact) mass is 497 g/mol. The van der Waals surface area contributed by atoms with Gasteiger partial charge in [-0.1, -0.05) is 35.9 Å². The number of hydrogen-bond donors (Lipinski definition) is 1. The summed E-state index contributed by atoms with van der Waals surface area (Å²) in [6.45, 7) is 1.80. The van der Waals surface area contributed by atoms with Crippen LogP contribution >= 0.6 is 0 Å². The van der Waals surface area contributed by atoms with E-state index in [1.54, 1.807) is 31.2 Å². The number of rotatable bonds is 5. The third-order valence-electron chi connectivity index (χ3n) is 5.91. The van der Waals surface area contributed by atoms with Crippen LogP contribution in [0, 0.1) is 6.92 Å². The van der Waals surface area contributed by atoms with E-state index < -0.39 is 35.2 Å². The molecule has 0 saturated carbocycles. The number of ketones is 1. The molecule has 186 valence electrons. The van der Waals surface area contributed by atoms with E-state index in [4.69, 9.17) is 9.47 Å². The highest BCUT2D eigenvalue weighted by molar-refractivity contribution is 6.51. The zero-order valence-corrected chi connectivity index (χ0v) is 19.6. The van der Waals surface area contributed by atoms with Crippen molar-refractivity contribution in [2.75, 3.05) is 19.1 Å². The zero-order chi connectivity index (χ0) is 26.2. The Bertz CT molecular complexity index is 1380. The fraction of sp³-hybridized carbons (Fsp3) is 0.185. The predicted octanol–water partition coefficient (Wildman–Crippen LogP) is 5.66. The van der Waals surface area contributed by atoms with Crippen molar-refractivity contribution < 1.29 is 37.3 Å². The van der Waals surface area contributed by atoms with E-state index in [0.29, 0.717) is 11.3 Å². The molecule has 1 aliphatic rings. The second kappa shape index (κ2) is 9.41. The van der Waals surface area contributed by atoms with E-state index >= 15 is 0 Å². The van der Waals surface area contributed by atoms with Gasteiger partial charge in [0.25, 0.3) is 11.7 Å². The Kier molecular flexibility index (Phi) is 6.49. The summed E-state index contributed by atoms with van der Waals surface area (Å²) in [6, 6.07) is 14.3. The summed E-state index contributed by atoms with van der Waals surface area (Å²) in [7, 11) is 2.84. The summed E-state index contributed by atoms with van der Waals surface area (Å²) in [4.78, 5) is 27.4. The minimum atomic E-state index is -4.65. The molecule has 36 heavy (non-hydrogen) atoms. The lowest BCUT2D eigenvalue weighted by atomic mass is 9.94. The smallest absolute Gasteiger partial charge is 0.416 e. The van der Waals surface area contributed by atoms with Crippen LogP contribution in [-0.2, 0) is 15.8 Å². The molecule has 0 radical (unpaired) electrons. The first-order valence-corrected chi connectivity index (χ1v) is 10.8. The van der Waals surface area contributed by atoms with Crippen LogP contribution in [0.2, 0.25) is 0 Å². The molecule has 1 unspecified atom stereocenters. The van der Waals surface area contributed by atoms with Crippen LogP contribution in [0.4, 0.5) is 18.9 Å². The fourth-order valence-corrected chi connectivity index (χ4v) is 4.23. The quantitative estimate of drug-likeness (QED) is 0.280. The van der Waals surface area contributed by atoms with Gasteiger partial charge in [-0.05, 0) is 48.9 Å². The Morgan fingerprint density at radius 1 is 0.917 bits per heavy atom. The number of amides is 1. The number of alkyl halides is 3. The van der Waals surface area contributed by atoms with Crippen molar-refractivity contribution in [1.82, 2.24) is 0 Å². The number of aliphatic hydroxyl groups is 1. The van der Waals surface area contributed by atoms with Crippen molar-refractivity contribution in [1.29, 1.82) is 0 Å². The molecule has 1 N–H and O–H groups in total. The van der Waals surface area contributed by atoms with E-state index in [1.165, 1.54) is 44.6 Å². The molecule has 1 heterocycles. The van der Waals surface area contributed by atoms with Gasteiger partial charge in [0.05, 0.1) is 31.4 Å². The van der Waals surface area contributed by atoms with Gasteiger partial charge in [0.1, 0.15) is 5.76 Å². The molecule has 6 nitrogen and oxygen atoms in total. The maximum Gasteiger partial charge on any atom is 0.416 e. The van der Waals surface area contributed by atoms with Gasteiger partial charge in [0.15, 0.2) is 11.5 Å². The van der Waals surface area contributed by atoms with E-state index in [1.807, 2.05) is 0 Å².